The van der Waals surface area contributed by atoms with E-state index in [-0.39, 0.29) is 6.10 Å². The van der Waals surface area contributed by atoms with Crippen LogP contribution in [0.1, 0.15) is 58.8 Å². The van der Waals surface area contributed by atoms with Gasteiger partial charge in [0.2, 0.25) is 0 Å². The van der Waals surface area contributed by atoms with Gasteiger partial charge in [0, 0.05) is 12.1 Å². The second-order valence-corrected chi connectivity index (χ2v) is 4.67. The minimum Gasteiger partial charge on any atom is -0.392 e. The van der Waals surface area contributed by atoms with Crippen molar-refractivity contribution < 1.29 is 5.11 Å². The fourth-order valence-electron chi connectivity index (χ4n) is 2.36. The summed E-state index contributed by atoms with van der Waals surface area (Å²) in [5, 5.41) is 13.5. The Bertz CT molecular complexity index is 149. The molecule has 0 radical (unpaired) electrons. The SMILES string of the molecule is CCCC(C)NC1CCCCCC1O. The van der Waals surface area contributed by atoms with Gasteiger partial charge in [-0.15, -0.1) is 0 Å². The van der Waals surface area contributed by atoms with Crippen LogP contribution >= 0.6 is 0 Å². The highest BCUT2D eigenvalue weighted by molar-refractivity contribution is 4.80. The van der Waals surface area contributed by atoms with Gasteiger partial charge in [0.05, 0.1) is 6.10 Å². The quantitative estimate of drug-likeness (QED) is 0.682. The normalized spacial score (nSPS) is 31.1. The molecule has 0 spiro atoms. The lowest BCUT2D eigenvalue weighted by atomic mass is 10.0. The van der Waals surface area contributed by atoms with Crippen LogP contribution in [0.15, 0.2) is 0 Å². The number of nitrogens with one attached hydrogen (secondary N) is 1. The summed E-state index contributed by atoms with van der Waals surface area (Å²) in [5.41, 5.74) is 0. The van der Waals surface area contributed by atoms with Crippen molar-refractivity contribution in [2.45, 2.75) is 77.0 Å². The molecule has 14 heavy (non-hydrogen) atoms. The van der Waals surface area contributed by atoms with Crippen LogP contribution in [0, 0.1) is 0 Å². The van der Waals surface area contributed by atoms with Crippen molar-refractivity contribution in [1.29, 1.82) is 0 Å². The van der Waals surface area contributed by atoms with Gasteiger partial charge >= 0.3 is 0 Å². The Morgan fingerprint density at radius 1 is 1.29 bits per heavy atom. The molecule has 3 atom stereocenters. The summed E-state index contributed by atoms with van der Waals surface area (Å²) in [4.78, 5) is 0. The van der Waals surface area contributed by atoms with Crippen molar-refractivity contribution in [2.24, 2.45) is 0 Å². The van der Waals surface area contributed by atoms with Gasteiger partial charge in [-0.3, -0.25) is 0 Å². The van der Waals surface area contributed by atoms with E-state index in [1.165, 1.54) is 32.1 Å². The van der Waals surface area contributed by atoms with E-state index in [4.69, 9.17) is 0 Å². The van der Waals surface area contributed by atoms with Gasteiger partial charge in [-0.05, 0) is 26.2 Å². The van der Waals surface area contributed by atoms with E-state index in [1.54, 1.807) is 0 Å². The van der Waals surface area contributed by atoms with Gasteiger partial charge in [-0.2, -0.15) is 0 Å². The lowest BCUT2D eigenvalue weighted by Crippen LogP contribution is -2.43. The minimum absolute atomic E-state index is 0.114. The molecule has 1 aliphatic carbocycles. The molecule has 0 saturated heterocycles. The fraction of sp³-hybridized carbons (Fsp3) is 1.00. The van der Waals surface area contributed by atoms with E-state index in [0.29, 0.717) is 12.1 Å². The molecule has 1 saturated carbocycles. The summed E-state index contributed by atoms with van der Waals surface area (Å²) in [6, 6.07) is 0.900. The third-order valence-corrected chi connectivity index (χ3v) is 3.20. The summed E-state index contributed by atoms with van der Waals surface area (Å²) in [6.07, 6.45) is 8.20. The van der Waals surface area contributed by atoms with Crippen molar-refractivity contribution in [1.82, 2.24) is 5.32 Å². The maximum Gasteiger partial charge on any atom is 0.0693 e. The maximum absolute atomic E-state index is 9.90. The van der Waals surface area contributed by atoms with E-state index in [2.05, 4.69) is 19.2 Å². The highest BCUT2D eigenvalue weighted by atomic mass is 16.3. The molecule has 1 fully saturated rings. The highest BCUT2D eigenvalue weighted by Gasteiger charge is 2.22. The Kier molecular flexibility index (Phi) is 5.49. The number of hydrogen-bond donors (Lipinski definition) is 2. The van der Waals surface area contributed by atoms with Crippen molar-refractivity contribution in [3.63, 3.8) is 0 Å². The first-order valence-electron chi connectivity index (χ1n) is 6.18. The molecule has 2 N–H and O–H groups in total. The molecule has 0 bridgehead atoms. The molecule has 84 valence electrons. The Hall–Kier alpha value is -0.0800. The van der Waals surface area contributed by atoms with Gasteiger partial charge in [0.25, 0.3) is 0 Å². The van der Waals surface area contributed by atoms with Crippen LogP contribution in [0.4, 0.5) is 0 Å². The van der Waals surface area contributed by atoms with Gasteiger partial charge in [0.15, 0.2) is 0 Å². The largest absolute Gasteiger partial charge is 0.392 e. The van der Waals surface area contributed by atoms with Gasteiger partial charge in [-0.1, -0.05) is 32.6 Å². The second kappa shape index (κ2) is 6.41. The highest BCUT2D eigenvalue weighted by Crippen LogP contribution is 2.18. The monoisotopic (exact) mass is 199 g/mol. The lowest BCUT2D eigenvalue weighted by Gasteiger charge is -2.25. The fourth-order valence-corrected chi connectivity index (χ4v) is 2.36. The summed E-state index contributed by atoms with van der Waals surface area (Å²) >= 11 is 0. The van der Waals surface area contributed by atoms with Crippen LogP contribution in [0.5, 0.6) is 0 Å². The lowest BCUT2D eigenvalue weighted by molar-refractivity contribution is 0.114. The zero-order chi connectivity index (χ0) is 10.4. The molecule has 0 aromatic rings. The van der Waals surface area contributed by atoms with Gasteiger partial charge < -0.3 is 10.4 Å². The van der Waals surface area contributed by atoms with E-state index in [9.17, 15) is 5.11 Å². The molecule has 1 rings (SSSR count). The second-order valence-electron chi connectivity index (χ2n) is 4.67. The van der Waals surface area contributed by atoms with Gasteiger partial charge in [-0.25, -0.2) is 0 Å². The van der Waals surface area contributed by atoms with Crippen LogP contribution in [0.2, 0.25) is 0 Å². The topological polar surface area (TPSA) is 32.3 Å². The number of rotatable bonds is 4. The molecular formula is C12H25NO. The molecule has 0 amide bonds. The van der Waals surface area contributed by atoms with Crippen LogP contribution < -0.4 is 5.32 Å². The third-order valence-electron chi connectivity index (χ3n) is 3.20. The molecular weight excluding hydrogens is 174 g/mol. The summed E-state index contributed by atoms with van der Waals surface area (Å²) in [5.74, 6) is 0. The average molecular weight is 199 g/mol. The van der Waals surface area contributed by atoms with Crippen LogP contribution in [0.3, 0.4) is 0 Å². The molecule has 3 unspecified atom stereocenters. The molecule has 0 aromatic heterocycles. The van der Waals surface area contributed by atoms with E-state index < -0.39 is 0 Å². The Labute approximate surface area is 88.1 Å². The number of aliphatic hydroxyl groups excluding tert-OH is 1. The molecule has 0 aromatic carbocycles. The zero-order valence-corrected chi connectivity index (χ0v) is 9.63. The zero-order valence-electron chi connectivity index (χ0n) is 9.63. The number of hydrogen-bond acceptors (Lipinski definition) is 2. The predicted molar refractivity (Wildman–Crippen MR) is 60.4 cm³/mol. The predicted octanol–water partition coefficient (Wildman–Crippen LogP) is 2.46. The van der Waals surface area contributed by atoms with Crippen molar-refractivity contribution >= 4 is 0 Å². The molecule has 2 nitrogen and oxygen atoms in total. The summed E-state index contributed by atoms with van der Waals surface area (Å²) in [6.45, 7) is 4.43. The van der Waals surface area contributed by atoms with Crippen molar-refractivity contribution in [3.8, 4) is 0 Å². The van der Waals surface area contributed by atoms with E-state index in [0.717, 1.165) is 12.8 Å². The van der Waals surface area contributed by atoms with Gasteiger partial charge in [0.1, 0.15) is 0 Å². The average Bonchev–Trinajstić information content (AvgIpc) is 2.33. The smallest absolute Gasteiger partial charge is 0.0693 e. The third kappa shape index (κ3) is 3.97. The Morgan fingerprint density at radius 3 is 2.71 bits per heavy atom. The molecule has 0 aliphatic heterocycles. The minimum atomic E-state index is -0.114. The summed E-state index contributed by atoms with van der Waals surface area (Å²) in [7, 11) is 0. The molecule has 2 heteroatoms. The van der Waals surface area contributed by atoms with E-state index >= 15 is 0 Å². The maximum atomic E-state index is 9.90. The Morgan fingerprint density at radius 2 is 2.00 bits per heavy atom. The molecule has 1 aliphatic rings. The van der Waals surface area contributed by atoms with Crippen LogP contribution in [-0.4, -0.2) is 23.3 Å². The first-order chi connectivity index (χ1) is 6.74. The number of aliphatic hydroxyl groups is 1. The first kappa shape index (κ1) is 12.0. The standard InChI is InChI=1S/C12H25NO/c1-3-7-10(2)13-11-8-5-4-6-9-12(11)14/h10-14H,3-9H2,1-2H3. The summed E-state index contributed by atoms with van der Waals surface area (Å²) < 4.78 is 0. The van der Waals surface area contributed by atoms with Crippen LogP contribution in [-0.2, 0) is 0 Å². The van der Waals surface area contributed by atoms with E-state index in [1.807, 2.05) is 0 Å². The van der Waals surface area contributed by atoms with Crippen molar-refractivity contribution in [2.75, 3.05) is 0 Å². The molecule has 0 heterocycles. The first-order valence-corrected chi connectivity index (χ1v) is 6.18. The van der Waals surface area contributed by atoms with Crippen molar-refractivity contribution in [3.05, 3.63) is 0 Å². The van der Waals surface area contributed by atoms with Crippen LogP contribution in [0.25, 0.3) is 0 Å². The Balaban J connectivity index is 2.32.